The summed E-state index contributed by atoms with van der Waals surface area (Å²) in [4.78, 5) is 5.27. The van der Waals surface area contributed by atoms with Crippen molar-refractivity contribution in [2.24, 2.45) is 11.8 Å². The molecule has 2 rings (SSSR count). The van der Waals surface area contributed by atoms with Gasteiger partial charge in [0.15, 0.2) is 0 Å². The summed E-state index contributed by atoms with van der Waals surface area (Å²) in [6.07, 6.45) is 1.36. The molecule has 0 spiro atoms. The molecular weight excluding hydrogens is 210 g/mol. The number of nitrogens with one attached hydrogen (secondary N) is 1. The Kier molecular flexibility index (Phi) is 4.83. The first kappa shape index (κ1) is 13.3. The standard InChI is InChI=1S/C14H29N3/c1-12(2)10-16-6-8-17(9-7-16)11-14-13(3)4-5-15-14/h12-15H,4-11H2,1-3H3. The lowest BCUT2D eigenvalue weighted by Crippen LogP contribution is -2.51. The van der Waals surface area contributed by atoms with Gasteiger partial charge in [-0.25, -0.2) is 0 Å². The van der Waals surface area contributed by atoms with Crippen LogP contribution in [0.25, 0.3) is 0 Å². The van der Waals surface area contributed by atoms with Gasteiger partial charge in [-0.3, -0.25) is 4.90 Å². The third-order valence-corrected chi connectivity index (χ3v) is 4.24. The Bertz CT molecular complexity index is 222. The molecular formula is C14H29N3. The Morgan fingerprint density at radius 1 is 1.12 bits per heavy atom. The van der Waals surface area contributed by atoms with Crippen LogP contribution in [0.15, 0.2) is 0 Å². The highest BCUT2D eigenvalue weighted by atomic mass is 15.3. The lowest BCUT2D eigenvalue weighted by Gasteiger charge is -2.37. The summed E-state index contributed by atoms with van der Waals surface area (Å²) in [6, 6.07) is 0.742. The molecule has 0 amide bonds. The fourth-order valence-corrected chi connectivity index (χ4v) is 3.09. The average molecular weight is 239 g/mol. The second-order valence-corrected chi connectivity index (χ2v) is 6.32. The molecule has 2 atom stereocenters. The Morgan fingerprint density at radius 3 is 2.29 bits per heavy atom. The van der Waals surface area contributed by atoms with Gasteiger partial charge in [0.05, 0.1) is 0 Å². The Labute approximate surface area is 107 Å². The maximum atomic E-state index is 3.64. The number of nitrogens with zero attached hydrogens (tertiary/aromatic N) is 2. The summed E-state index contributed by atoms with van der Waals surface area (Å²) in [7, 11) is 0. The predicted octanol–water partition coefficient (Wildman–Crippen LogP) is 1.26. The second-order valence-electron chi connectivity index (χ2n) is 6.32. The van der Waals surface area contributed by atoms with Crippen molar-refractivity contribution >= 4 is 0 Å². The van der Waals surface area contributed by atoms with Crippen LogP contribution in [0.4, 0.5) is 0 Å². The summed E-state index contributed by atoms with van der Waals surface area (Å²) in [5.74, 6) is 1.67. The van der Waals surface area contributed by atoms with Gasteiger partial charge >= 0.3 is 0 Å². The molecule has 2 fully saturated rings. The van der Waals surface area contributed by atoms with E-state index in [0.717, 1.165) is 17.9 Å². The minimum absolute atomic E-state index is 0.742. The van der Waals surface area contributed by atoms with Crippen molar-refractivity contribution in [2.45, 2.75) is 33.2 Å². The van der Waals surface area contributed by atoms with Crippen molar-refractivity contribution in [3.8, 4) is 0 Å². The van der Waals surface area contributed by atoms with E-state index in [-0.39, 0.29) is 0 Å². The van der Waals surface area contributed by atoms with Crippen LogP contribution in [-0.4, -0.2) is 61.7 Å². The highest BCUT2D eigenvalue weighted by molar-refractivity contribution is 4.85. The zero-order valence-corrected chi connectivity index (χ0v) is 11.8. The Balaban J connectivity index is 1.68. The van der Waals surface area contributed by atoms with Crippen LogP contribution < -0.4 is 5.32 Å². The Morgan fingerprint density at radius 2 is 1.76 bits per heavy atom. The van der Waals surface area contributed by atoms with Crippen molar-refractivity contribution < 1.29 is 0 Å². The van der Waals surface area contributed by atoms with Gasteiger partial charge in [0, 0.05) is 45.3 Å². The normalized spacial score (nSPS) is 32.5. The molecule has 0 aromatic rings. The van der Waals surface area contributed by atoms with Crippen molar-refractivity contribution in [2.75, 3.05) is 45.8 Å². The van der Waals surface area contributed by atoms with E-state index in [1.54, 1.807) is 0 Å². The molecule has 0 aromatic heterocycles. The molecule has 2 saturated heterocycles. The van der Waals surface area contributed by atoms with Crippen LogP contribution in [0, 0.1) is 11.8 Å². The van der Waals surface area contributed by atoms with Gasteiger partial charge in [0.1, 0.15) is 0 Å². The number of piperazine rings is 1. The van der Waals surface area contributed by atoms with E-state index in [4.69, 9.17) is 0 Å². The minimum Gasteiger partial charge on any atom is -0.312 e. The summed E-state index contributed by atoms with van der Waals surface area (Å²) < 4.78 is 0. The molecule has 2 heterocycles. The van der Waals surface area contributed by atoms with Gasteiger partial charge < -0.3 is 10.2 Å². The van der Waals surface area contributed by atoms with Crippen LogP contribution in [-0.2, 0) is 0 Å². The van der Waals surface area contributed by atoms with Crippen LogP contribution >= 0.6 is 0 Å². The maximum Gasteiger partial charge on any atom is 0.0221 e. The lowest BCUT2D eigenvalue weighted by molar-refractivity contribution is 0.112. The van der Waals surface area contributed by atoms with Gasteiger partial charge in [-0.2, -0.15) is 0 Å². The molecule has 0 radical (unpaired) electrons. The van der Waals surface area contributed by atoms with Gasteiger partial charge in [0.25, 0.3) is 0 Å². The summed E-state index contributed by atoms with van der Waals surface area (Å²) in [6.45, 7) is 15.8. The molecule has 2 aliphatic heterocycles. The molecule has 0 aliphatic carbocycles. The SMILES string of the molecule is CC(C)CN1CCN(CC2NCCC2C)CC1. The van der Waals surface area contributed by atoms with Gasteiger partial charge in [-0.05, 0) is 24.8 Å². The molecule has 100 valence electrons. The summed E-state index contributed by atoms with van der Waals surface area (Å²) in [5.41, 5.74) is 0. The summed E-state index contributed by atoms with van der Waals surface area (Å²) >= 11 is 0. The van der Waals surface area contributed by atoms with E-state index in [1.807, 2.05) is 0 Å². The molecule has 17 heavy (non-hydrogen) atoms. The smallest absolute Gasteiger partial charge is 0.0221 e. The first-order chi connectivity index (χ1) is 8.15. The molecule has 0 bridgehead atoms. The highest BCUT2D eigenvalue weighted by Gasteiger charge is 2.26. The zero-order chi connectivity index (χ0) is 12.3. The van der Waals surface area contributed by atoms with E-state index < -0.39 is 0 Å². The first-order valence-electron chi connectivity index (χ1n) is 7.33. The van der Waals surface area contributed by atoms with Crippen LogP contribution in [0.2, 0.25) is 0 Å². The van der Waals surface area contributed by atoms with Crippen molar-refractivity contribution in [3.63, 3.8) is 0 Å². The minimum atomic E-state index is 0.742. The zero-order valence-electron chi connectivity index (χ0n) is 11.8. The molecule has 2 aliphatic rings. The van der Waals surface area contributed by atoms with Crippen LogP contribution in [0.5, 0.6) is 0 Å². The fraction of sp³-hybridized carbons (Fsp3) is 1.00. The maximum absolute atomic E-state index is 3.64. The van der Waals surface area contributed by atoms with E-state index in [9.17, 15) is 0 Å². The van der Waals surface area contributed by atoms with Crippen LogP contribution in [0.1, 0.15) is 27.2 Å². The quantitative estimate of drug-likeness (QED) is 0.797. The topological polar surface area (TPSA) is 18.5 Å². The second kappa shape index (κ2) is 6.17. The third-order valence-electron chi connectivity index (χ3n) is 4.24. The number of rotatable bonds is 4. The van der Waals surface area contributed by atoms with Gasteiger partial charge in [0.2, 0.25) is 0 Å². The van der Waals surface area contributed by atoms with E-state index in [0.29, 0.717) is 0 Å². The third kappa shape index (κ3) is 3.94. The Hall–Kier alpha value is -0.120. The largest absolute Gasteiger partial charge is 0.312 e. The molecule has 3 heteroatoms. The van der Waals surface area contributed by atoms with E-state index in [1.165, 1.54) is 52.2 Å². The van der Waals surface area contributed by atoms with E-state index >= 15 is 0 Å². The van der Waals surface area contributed by atoms with Gasteiger partial charge in [-0.1, -0.05) is 20.8 Å². The monoisotopic (exact) mass is 239 g/mol. The highest BCUT2D eigenvalue weighted by Crippen LogP contribution is 2.16. The van der Waals surface area contributed by atoms with Crippen molar-refractivity contribution in [1.29, 1.82) is 0 Å². The molecule has 0 saturated carbocycles. The molecule has 2 unspecified atom stereocenters. The summed E-state index contributed by atoms with van der Waals surface area (Å²) in [5, 5.41) is 3.64. The molecule has 1 N–H and O–H groups in total. The number of hydrogen-bond acceptors (Lipinski definition) is 3. The van der Waals surface area contributed by atoms with Crippen molar-refractivity contribution in [3.05, 3.63) is 0 Å². The predicted molar refractivity (Wildman–Crippen MR) is 73.3 cm³/mol. The first-order valence-corrected chi connectivity index (χ1v) is 7.33. The molecule has 3 nitrogen and oxygen atoms in total. The van der Waals surface area contributed by atoms with E-state index in [2.05, 4.69) is 35.9 Å². The average Bonchev–Trinajstić information content (AvgIpc) is 2.67. The molecule has 0 aromatic carbocycles. The number of hydrogen-bond donors (Lipinski definition) is 1. The fourth-order valence-electron chi connectivity index (χ4n) is 3.09. The van der Waals surface area contributed by atoms with Crippen LogP contribution in [0.3, 0.4) is 0 Å². The van der Waals surface area contributed by atoms with Crippen molar-refractivity contribution in [1.82, 2.24) is 15.1 Å². The van der Waals surface area contributed by atoms with Gasteiger partial charge in [-0.15, -0.1) is 0 Å². The lowest BCUT2D eigenvalue weighted by atomic mass is 10.0.